The Balaban J connectivity index is 2.25. The zero-order chi connectivity index (χ0) is 14.7. The fourth-order valence-electron chi connectivity index (χ4n) is 1.64. The van der Waals surface area contributed by atoms with Gasteiger partial charge in [-0.1, -0.05) is 11.6 Å². The number of hydrogen-bond donors (Lipinski definition) is 2. The summed E-state index contributed by atoms with van der Waals surface area (Å²) in [6.45, 7) is 0. The summed E-state index contributed by atoms with van der Waals surface area (Å²) in [5.74, 6) is -0.713. The zero-order valence-corrected chi connectivity index (χ0v) is 11.4. The van der Waals surface area contributed by atoms with Gasteiger partial charge in [-0.3, -0.25) is 4.79 Å². The van der Waals surface area contributed by atoms with Gasteiger partial charge in [0.2, 0.25) is 0 Å². The lowest BCUT2D eigenvalue weighted by molar-refractivity contribution is 0.102. The van der Waals surface area contributed by atoms with Crippen molar-refractivity contribution in [2.75, 3.05) is 18.2 Å². The fraction of sp³-hybridized carbons (Fsp3) is 0.0714. The van der Waals surface area contributed by atoms with Crippen molar-refractivity contribution >= 4 is 28.9 Å². The molecule has 0 fully saturated rings. The van der Waals surface area contributed by atoms with E-state index in [1.54, 1.807) is 18.2 Å². The Bertz CT molecular complexity index is 662. The standard InChI is InChI=1S/C14H12ClFN2O2/c1-20-9-3-5-13(12(17)7-9)18-14(19)10-6-8(15)2-4-11(10)16/h2-7H,17H2,1H3,(H,18,19). The fourth-order valence-corrected chi connectivity index (χ4v) is 1.81. The molecule has 104 valence electrons. The SMILES string of the molecule is COc1ccc(NC(=O)c2cc(Cl)ccc2F)c(N)c1. The summed E-state index contributed by atoms with van der Waals surface area (Å²) >= 11 is 5.75. The molecule has 0 aliphatic heterocycles. The maximum Gasteiger partial charge on any atom is 0.258 e. The second kappa shape index (κ2) is 5.79. The molecule has 0 saturated carbocycles. The van der Waals surface area contributed by atoms with Gasteiger partial charge in [0, 0.05) is 11.1 Å². The van der Waals surface area contributed by atoms with Gasteiger partial charge in [0.05, 0.1) is 24.0 Å². The number of nitrogen functional groups attached to an aromatic ring is 1. The van der Waals surface area contributed by atoms with Crippen LogP contribution in [-0.4, -0.2) is 13.0 Å². The third kappa shape index (κ3) is 3.00. The Morgan fingerprint density at radius 1 is 1.30 bits per heavy atom. The number of nitrogens with two attached hydrogens (primary N) is 1. The number of hydrogen-bond acceptors (Lipinski definition) is 3. The number of carbonyl (C=O) groups excluding carboxylic acids is 1. The topological polar surface area (TPSA) is 64.3 Å². The molecule has 0 aliphatic rings. The van der Waals surface area contributed by atoms with Crippen LogP contribution in [0.25, 0.3) is 0 Å². The highest BCUT2D eigenvalue weighted by molar-refractivity contribution is 6.31. The highest BCUT2D eigenvalue weighted by atomic mass is 35.5. The number of nitrogens with one attached hydrogen (secondary N) is 1. The van der Waals surface area contributed by atoms with E-state index in [2.05, 4.69) is 5.32 Å². The Morgan fingerprint density at radius 3 is 2.70 bits per heavy atom. The van der Waals surface area contributed by atoms with Crippen molar-refractivity contribution in [1.29, 1.82) is 0 Å². The number of anilines is 2. The molecule has 0 aromatic heterocycles. The Hall–Kier alpha value is -2.27. The molecular weight excluding hydrogens is 283 g/mol. The van der Waals surface area contributed by atoms with E-state index in [1.165, 1.54) is 19.2 Å². The lowest BCUT2D eigenvalue weighted by atomic mass is 10.2. The van der Waals surface area contributed by atoms with E-state index < -0.39 is 11.7 Å². The second-order valence-corrected chi connectivity index (χ2v) is 4.47. The molecule has 0 radical (unpaired) electrons. The molecular formula is C14H12ClFN2O2. The first-order chi connectivity index (χ1) is 9.51. The van der Waals surface area contributed by atoms with Crippen molar-refractivity contribution in [2.24, 2.45) is 0 Å². The monoisotopic (exact) mass is 294 g/mol. The van der Waals surface area contributed by atoms with Gasteiger partial charge in [0.1, 0.15) is 11.6 Å². The Kier molecular flexibility index (Phi) is 4.10. The molecule has 0 unspecified atom stereocenters. The first kappa shape index (κ1) is 14.1. The number of methoxy groups -OCH3 is 1. The van der Waals surface area contributed by atoms with Crippen LogP contribution in [0, 0.1) is 5.82 Å². The summed E-state index contributed by atoms with van der Waals surface area (Å²) in [5, 5.41) is 2.80. The van der Waals surface area contributed by atoms with Gasteiger partial charge in [-0.25, -0.2) is 4.39 Å². The Labute approximate surface area is 120 Å². The average Bonchev–Trinajstić information content (AvgIpc) is 2.43. The summed E-state index contributed by atoms with van der Waals surface area (Å²) in [7, 11) is 1.51. The molecule has 0 bridgehead atoms. The van der Waals surface area contributed by atoms with Crippen LogP contribution in [0.2, 0.25) is 5.02 Å². The van der Waals surface area contributed by atoms with Crippen LogP contribution in [0.4, 0.5) is 15.8 Å². The van der Waals surface area contributed by atoms with Crippen LogP contribution in [0.3, 0.4) is 0 Å². The maximum absolute atomic E-state index is 13.6. The van der Waals surface area contributed by atoms with E-state index in [0.717, 1.165) is 6.07 Å². The minimum Gasteiger partial charge on any atom is -0.497 e. The van der Waals surface area contributed by atoms with Gasteiger partial charge < -0.3 is 15.8 Å². The molecule has 1 amide bonds. The van der Waals surface area contributed by atoms with Crippen LogP contribution in [0.5, 0.6) is 5.75 Å². The molecule has 0 spiro atoms. The van der Waals surface area contributed by atoms with Crippen molar-refractivity contribution in [3.8, 4) is 5.75 Å². The molecule has 2 aromatic rings. The van der Waals surface area contributed by atoms with Gasteiger partial charge in [-0.15, -0.1) is 0 Å². The smallest absolute Gasteiger partial charge is 0.258 e. The average molecular weight is 295 g/mol. The molecule has 0 heterocycles. The summed E-state index contributed by atoms with van der Waals surface area (Å²) < 4.78 is 18.6. The van der Waals surface area contributed by atoms with Crippen molar-refractivity contribution < 1.29 is 13.9 Å². The van der Waals surface area contributed by atoms with Gasteiger partial charge >= 0.3 is 0 Å². The largest absolute Gasteiger partial charge is 0.497 e. The van der Waals surface area contributed by atoms with Crippen molar-refractivity contribution in [1.82, 2.24) is 0 Å². The highest BCUT2D eigenvalue weighted by Crippen LogP contribution is 2.25. The minimum absolute atomic E-state index is 0.146. The van der Waals surface area contributed by atoms with E-state index in [0.29, 0.717) is 17.1 Å². The first-order valence-electron chi connectivity index (χ1n) is 5.71. The van der Waals surface area contributed by atoms with Crippen molar-refractivity contribution in [2.45, 2.75) is 0 Å². The predicted molar refractivity (Wildman–Crippen MR) is 76.8 cm³/mol. The quantitative estimate of drug-likeness (QED) is 0.854. The molecule has 2 aromatic carbocycles. The van der Waals surface area contributed by atoms with Crippen LogP contribution < -0.4 is 15.8 Å². The number of halogens is 2. The molecule has 0 aliphatic carbocycles. The zero-order valence-electron chi connectivity index (χ0n) is 10.6. The highest BCUT2D eigenvalue weighted by Gasteiger charge is 2.13. The predicted octanol–water partition coefficient (Wildman–Crippen LogP) is 3.32. The van der Waals surface area contributed by atoms with Crippen LogP contribution in [0.1, 0.15) is 10.4 Å². The third-order valence-electron chi connectivity index (χ3n) is 2.68. The number of benzene rings is 2. The van der Waals surface area contributed by atoms with Crippen LogP contribution in [0.15, 0.2) is 36.4 Å². The minimum atomic E-state index is -0.654. The number of rotatable bonds is 3. The maximum atomic E-state index is 13.6. The Morgan fingerprint density at radius 2 is 2.05 bits per heavy atom. The van der Waals surface area contributed by atoms with E-state index in [1.807, 2.05) is 0 Å². The summed E-state index contributed by atoms with van der Waals surface area (Å²) in [6.07, 6.45) is 0. The normalized spacial score (nSPS) is 10.2. The molecule has 4 nitrogen and oxygen atoms in total. The lowest BCUT2D eigenvalue weighted by Gasteiger charge is -2.10. The number of amides is 1. The van der Waals surface area contributed by atoms with Crippen molar-refractivity contribution in [3.63, 3.8) is 0 Å². The summed E-state index contributed by atoms with van der Waals surface area (Å²) in [4.78, 5) is 12.0. The van der Waals surface area contributed by atoms with E-state index >= 15 is 0 Å². The second-order valence-electron chi connectivity index (χ2n) is 4.03. The lowest BCUT2D eigenvalue weighted by Crippen LogP contribution is -2.14. The van der Waals surface area contributed by atoms with E-state index in [9.17, 15) is 9.18 Å². The van der Waals surface area contributed by atoms with E-state index in [4.69, 9.17) is 22.1 Å². The van der Waals surface area contributed by atoms with Gasteiger partial charge in [-0.05, 0) is 30.3 Å². The molecule has 6 heteroatoms. The van der Waals surface area contributed by atoms with Gasteiger partial charge in [0.25, 0.3) is 5.91 Å². The van der Waals surface area contributed by atoms with Crippen LogP contribution >= 0.6 is 11.6 Å². The molecule has 2 rings (SSSR count). The molecule has 20 heavy (non-hydrogen) atoms. The third-order valence-corrected chi connectivity index (χ3v) is 2.92. The van der Waals surface area contributed by atoms with Gasteiger partial charge in [-0.2, -0.15) is 0 Å². The van der Waals surface area contributed by atoms with Crippen molar-refractivity contribution in [3.05, 3.63) is 52.8 Å². The van der Waals surface area contributed by atoms with E-state index in [-0.39, 0.29) is 10.6 Å². The number of ether oxygens (including phenoxy) is 1. The molecule has 3 N–H and O–H groups in total. The van der Waals surface area contributed by atoms with Gasteiger partial charge in [0.15, 0.2) is 0 Å². The molecule has 0 atom stereocenters. The molecule has 0 saturated heterocycles. The first-order valence-corrected chi connectivity index (χ1v) is 6.09. The number of carbonyl (C=O) groups is 1. The summed E-state index contributed by atoms with van der Waals surface area (Å²) in [5.41, 5.74) is 6.32. The van der Waals surface area contributed by atoms with Crippen LogP contribution in [-0.2, 0) is 0 Å². The summed E-state index contributed by atoms with van der Waals surface area (Å²) in [6, 6.07) is 8.54.